The minimum Gasteiger partial charge on any atom is -0.372 e. The van der Waals surface area contributed by atoms with Crippen molar-refractivity contribution >= 4 is 23.0 Å². The minimum atomic E-state index is -0.0336. The van der Waals surface area contributed by atoms with E-state index in [2.05, 4.69) is 70.5 Å². The number of benzene rings is 1. The van der Waals surface area contributed by atoms with Gasteiger partial charge >= 0.3 is 0 Å². The van der Waals surface area contributed by atoms with Crippen LogP contribution in [-0.4, -0.2) is 28.6 Å². The van der Waals surface area contributed by atoms with Crippen molar-refractivity contribution in [2.24, 2.45) is 0 Å². The molecule has 2 heterocycles. The van der Waals surface area contributed by atoms with E-state index in [4.69, 9.17) is 0 Å². The van der Waals surface area contributed by atoms with Crippen LogP contribution >= 0.6 is 0 Å². The molecule has 5 nitrogen and oxygen atoms in total. The van der Waals surface area contributed by atoms with Crippen LogP contribution in [0.2, 0.25) is 0 Å². The van der Waals surface area contributed by atoms with Crippen molar-refractivity contribution in [2.75, 3.05) is 28.6 Å². The van der Waals surface area contributed by atoms with E-state index in [1.54, 1.807) is 0 Å². The molecule has 1 aliphatic rings. The molecule has 0 bridgehead atoms. The lowest BCUT2D eigenvalue weighted by atomic mass is 10.1. The van der Waals surface area contributed by atoms with Gasteiger partial charge in [0.05, 0.1) is 0 Å². The molecule has 5 heteroatoms. The van der Waals surface area contributed by atoms with E-state index in [0.717, 1.165) is 23.1 Å². The molecule has 1 aromatic carbocycles. The third-order valence-corrected chi connectivity index (χ3v) is 4.20. The molecule has 1 aliphatic heterocycles. The smallest absolute Gasteiger partial charge is 0.136 e. The molecule has 0 unspecified atom stereocenters. The van der Waals surface area contributed by atoms with Crippen LogP contribution in [0, 0.1) is 6.92 Å². The highest BCUT2D eigenvalue weighted by atomic mass is 15.1. The van der Waals surface area contributed by atoms with Crippen LogP contribution in [-0.2, 0) is 0 Å². The van der Waals surface area contributed by atoms with Gasteiger partial charge in [-0.15, -0.1) is 0 Å². The molecule has 1 fully saturated rings. The molecule has 134 valence electrons. The normalized spacial score (nSPS) is 15.1. The number of piperidine rings is 1. The van der Waals surface area contributed by atoms with Crippen LogP contribution < -0.4 is 15.5 Å². The zero-order valence-electron chi connectivity index (χ0n) is 15.8. The third kappa shape index (κ3) is 5.08. The maximum atomic E-state index is 4.50. The Labute approximate surface area is 150 Å². The van der Waals surface area contributed by atoms with Gasteiger partial charge in [-0.1, -0.05) is 0 Å². The number of nitrogens with zero attached hydrogens (tertiary/aromatic N) is 3. The summed E-state index contributed by atoms with van der Waals surface area (Å²) in [6.45, 7) is 10.6. The average molecular weight is 339 g/mol. The highest BCUT2D eigenvalue weighted by molar-refractivity contribution is 5.62. The molecule has 0 saturated carbocycles. The molecule has 0 spiro atoms. The van der Waals surface area contributed by atoms with Gasteiger partial charge in [0.1, 0.15) is 17.5 Å². The number of aryl methyl sites for hydroxylation is 1. The van der Waals surface area contributed by atoms with E-state index in [9.17, 15) is 0 Å². The SMILES string of the molecule is Cc1nc(Nc2ccc(N3CCCCC3)cc2)cc(NC(C)(C)C)n1. The van der Waals surface area contributed by atoms with Crippen molar-refractivity contribution in [1.29, 1.82) is 0 Å². The molecule has 0 radical (unpaired) electrons. The van der Waals surface area contributed by atoms with Crippen molar-refractivity contribution in [3.8, 4) is 0 Å². The van der Waals surface area contributed by atoms with Crippen molar-refractivity contribution < 1.29 is 0 Å². The third-order valence-electron chi connectivity index (χ3n) is 4.20. The Bertz CT molecular complexity index is 697. The van der Waals surface area contributed by atoms with E-state index in [0.29, 0.717) is 0 Å². The van der Waals surface area contributed by atoms with Gasteiger partial charge in [0.25, 0.3) is 0 Å². The van der Waals surface area contributed by atoms with Gasteiger partial charge in [0.2, 0.25) is 0 Å². The zero-order valence-corrected chi connectivity index (χ0v) is 15.8. The Hall–Kier alpha value is -2.30. The van der Waals surface area contributed by atoms with Crippen molar-refractivity contribution in [3.05, 3.63) is 36.2 Å². The summed E-state index contributed by atoms with van der Waals surface area (Å²) in [4.78, 5) is 11.4. The van der Waals surface area contributed by atoms with Gasteiger partial charge in [-0.25, -0.2) is 9.97 Å². The van der Waals surface area contributed by atoms with E-state index in [1.807, 2.05) is 13.0 Å². The molecule has 1 saturated heterocycles. The standard InChI is InChI=1S/C20H29N5/c1-15-21-18(14-19(22-15)24-20(2,3)4)23-16-8-10-17(11-9-16)25-12-6-5-7-13-25/h8-11,14H,5-7,12-13H2,1-4H3,(H2,21,22,23,24). The summed E-state index contributed by atoms with van der Waals surface area (Å²) >= 11 is 0. The summed E-state index contributed by atoms with van der Waals surface area (Å²) in [5.41, 5.74) is 2.31. The fraction of sp³-hybridized carbons (Fsp3) is 0.500. The summed E-state index contributed by atoms with van der Waals surface area (Å²) < 4.78 is 0. The predicted octanol–water partition coefficient (Wildman–Crippen LogP) is 4.73. The van der Waals surface area contributed by atoms with Crippen molar-refractivity contribution in [2.45, 2.75) is 52.5 Å². The second-order valence-corrected chi connectivity index (χ2v) is 7.78. The topological polar surface area (TPSA) is 53.1 Å². The monoisotopic (exact) mass is 339 g/mol. The number of rotatable bonds is 4. The lowest BCUT2D eigenvalue weighted by molar-refractivity contribution is 0.578. The summed E-state index contributed by atoms with van der Waals surface area (Å²) in [6.07, 6.45) is 3.95. The van der Waals surface area contributed by atoms with Gasteiger partial charge in [-0.2, -0.15) is 0 Å². The van der Waals surface area contributed by atoms with Crippen LogP contribution in [0.5, 0.6) is 0 Å². The number of aromatic nitrogens is 2. The Kier molecular flexibility index (Phi) is 5.11. The zero-order chi connectivity index (χ0) is 17.9. The number of hydrogen-bond acceptors (Lipinski definition) is 5. The fourth-order valence-electron chi connectivity index (χ4n) is 3.14. The van der Waals surface area contributed by atoms with E-state index < -0.39 is 0 Å². The Morgan fingerprint density at radius 1 is 0.920 bits per heavy atom. The summed E-state index contributed by atoms with van der Waals surface area (Å²) in [6, 6.07) is 10.6. The maximum absolute atomic E-state index is 4.50. The predicted molar refractivity (Wildman–Crippen MR) is 106 cm³/mol. The van der Waals surface area contributed by atoms with Gasteiger partial charge in [-0.3, -0.25) is 0 Å². The molecule has 25 heavy (non-hydrogen) atoms. The number of nitrogens with one attached hydrogen (secondary N) is 2. The molecule has 0 aliphatic carbocycles. The van der Waals surface area contributed by atoms with Crippen LogP contribution in [0.1, 0.15) is 45.9 Å². The molecule has 0 amide bonds. The Morgan fingerprint density at radius 3 is 2.20 bits per heavy atom. The van der Waals surface area contributed by atoms with Crippen molar-refractivity contribution in [1.82, 2.24) is 9.97 Å². The van der Waals surface area contributed by atoms with Gasteiger partial charge < -0.3 is 15.5 Å². The van der Waals surface area contributed by atoms with E-state index in [1.165, 1.54) is 38.0 Å². The maximum Gasteiger partial charge on any atom is 0.136 e. The Morgan fingerprint density at radius 2 is 1.56 bits per heavy atom. The molecule has 2 aromatic rings. The lowest BCUT2D eigenvalue weighted by Gasteiger charge is -2.28. The Balaban J connectivity index is 1.71. The molecule has 1 aromatic heterocycles. The molecule has 3 rings (SSSR count). The van der Waals surface area contributed by atoms with E-state index in [-0.39, 0.29) is 5.54 Å². The number of anilines is 4. The first-order valence-electron chi connectivity index (χ1n) is 9.15. The van der Waals surface area contributed by atoms with Gasteiger partial charge in [0.15, 0.2) is 0 Å². The van der Waals surface area contributed by atoms with Crippen LogP contribution in [0.15, 0.2) is 30.3 Å². The first-order valence-corrected chi connectivity index (χ1v) is 9.15. The van der Waals surface area contributed by atoms with Crippen molar-refractivity contribution in [3.63, 3.8) is 0 Å². The summed E-state index contributed by atoms with van der Waals surface area (Å²) in [7, 11) is 0. The minimum absolute atomic E-state index is 0.0336. The van der Waals surface area contributed by atoms with Crippen LogP contribution in [0.4, 0.5) is 23.0 Å². The molecule has 0 atom stereocenters. The first kappa shape index (κ1) is 17.5. The first-order chi connectivity index (χ1) is 11.9. The average Bonchev–Trinajstić information content (AvgIpc) is 2.54. The van der Waals surface area contributed by atoms with E-state index >= 15 is 0 Å². The molecule has 2 N–H and O–H groups in total. The fourth-order valence-corrected chi connectivity index (χ4v) is 3.14. The quantitative estimate of drug-likeness (QED) is 0.843. The molecular formula is C20H29N5. The lowest BCUT2D eigenvalue weighted by Crippen LogP contribution is -2.29. The molecular weight excluding hydrogens is 310 g/mol. The van der Waals surface area contributed by atoms with Crippen LogP contribution in [0.3, 0.4) is 0 Å². The second kappa shape index (κ2) is 7.30. The van der Waals surface area contributed by atoms with Crippen LogP contribution in [0.25, 0.3) is 0 Å². The van der Waals surface area contributed by atoms with Gasteiger partial charge in [0, 0.05) is 36.1 Å². The summed E-state index contributed by atoms with van der Waals surface area (Å²) in [5, 5.41) is 6.79. The summed E-state index contributed by atoms with van der Waals surface area (Å²) in [5.74, 6) is 2.40. The number of hydrogen-bond donors (Lipinski definition) is 2. The highest BCUT2D eigenvalue weighted by Gasteiger charge is 2.13. The largest absolute Gasteiger partial charge is 0.372 e. The highest BCUT2D eigenvalue weighted by Crippen LogP contribution is 2.24. The van der Waals surface area contributed by atoms with Gasteiger partial charge in [-0.05, 0) is 71.2 Å². The second-order valence-electron chi connectivity index (χ2n) is 7.78.